The molecule has 24 heavy (non-hydrogen) atoms. The van der Waals surface area contributed by atoms with Crippen LogP contribution < -0.4 is 20.2 Å². The number of hydrogen-bond acceptors (Lipinski definition) is 5. The molecule has 0 unspecified atom stereocenters. The van der Waals surface area contributed by atoms with E-state index < -0.39 is 0 Å². The Bertz CT molecular complexity index is 684. The number of carbonyl (C=O) groups is 1. The molecule has 0 radical (unpaired) electrons. The quantitative estimate of drug-likeness (QED) is 0.577. The van der Waals surface area contributed by atoms with E-state index in [0.29, 0.717) is 6.61 Å². The summed E-state index contributed by atoms with van der Waals surface area (Å²) >= 11 is 0. The molecule has 0 aliphatic rings. The molecule has 0 saturated heterocycles. The molecule has 126 valence electrons. The fourth-order valence-corrected chi connectivity index (χ4v) is 1.96. The van der Waals surface area contributed by atoms with E-state index in [9.17, 15) is 4.79 Å². The molecule has 0 aromatic heterocycles. The fraction of sp³-hybridized carbons (Fsp3) is 0.222. The van der Waals surface area contributed by atoms with Crippen molar-refractivity contribution in [3.63, 3.8) is 0 Å². The van der Waals surface area contributed by atoms with Crippen molar-refractivity contribution >= 4 is 17.8 Å². The second-order valence-corrected chi connectivity index (χ2v) is 4.88. The van der Waals surface area contributed by atoms with E-state index in [-0.39, 0.29) is 12.5 Å². The van der Waals surface area contributed by atoms with Gasteiger partial charge in [0.25, 0.3) is 5.91 Å². The smallest absolute Gasteiger partial charge is 0.259 e. The van der Waals surface area contributed by atoms with Gasteiger partial charge in [0.15, 0.2) is 0 Å². The van der Waals surface area contributed by atoms with Gasteiger partial charge in [0.05, 0.1) is 26.5 Å². The second-order valence-electron chi connectivity index (χ2n) is 4.88. The van der Waals surface area contributed by atoms with Crippen LogP contribution >= 0.6 is 0 Å². The molecule has 0 heterocycles. The highest BCUT2D eigenvalue weighted by molar-refractivity contribution is 5.84. The topological polar surface area (TPSA) is 72.0 Å². The number of nitrogens with one attached hydrogen (secondary N) is 2. The molecule has 2 N–H and O–H groups in total. The lowest BCUT2D eigenvalue weighted by atomic mass is 10.2. The third-order valence-corrected chi connectivity index (χ3v) is 3.12. The lowest BCUT2D eigenvalue weighted by Crippen LogP contribution is -2.25. The summed E-state index contributed by atoms with van der Waals surface area (Å²) < 4.78 is 10.5. The normalized spacial score (nSPS) is 10.4. The molecule has 6 heteroatoms. The summed E-state index contributed by atoms with van der Waals surface area (Å²) in [6, 6.07) is 14.8. The molecule has 0 bridgehead atoms. The number of carbonyl (C=O) groups excluding carboxylic acids is 1. The zero-order valence-corrected chi connectivity index (χ0v) is 13.8. The van der Waals surface area contributed by atoms with E-state index in [1.165, 1.54) is 0 Å². The Balaban J connectivity index is 1.77. The highest BCUT2D eigenvalue weighted by atomic mass is 16.5. The molecular formula is C18H21N3O3. The number of hydrazone groups is 1. The van der Waals surface area contributed by atoms with Crippen LogP contribution in [0.2, 0.25) is 0 Å². The van der Waals surface area contributed by atoms with E-state index in [0.717, 1.165) is 22.7 Å². The number of benzene rings is 2. The summed E-state index contributed by atoms with van der Waals surface area (Å²) in [5.41, 5.74) is 4.15. The van der Waals surface area contributed by atoms with Crippen molar-refractivity contribution < 1.29 is 14.3 Å². The average molecular weight is 327 g/mol. The molecule has 0 spiro atoms. The summed E-state index contributed by atoms with van der Waals surface area (Å²) in [6.07, 6.45) is 1.57. The van der Waals surface area contributed by atoms with Crippen molar-refractivity contribution in [2.24, 2.45) is 5.10 Å². The minimum Gasteiger partial charge on any atom is -0.497 e. The highest BCUT2D eigenvalue weighted by Gasteiger charge is 2.00. The molecule has 0 fully saturated rings. The number of amides is 1. The van der Waals surface area contributed by atoms with E-state index in [4.69, 9.17) is 9.47 Å². The van der Waals surface area contributed by atoms with E-state index >= 15 is 0 Å². The fourth-order valence-electron chi connectivity index (χ4n) is 1.96. The van der Waals surface area contributed by atoms with Crippen LogP contribution in [-0.2, 0) is 4.79 Å². The van der Waals surface area contributed by atoms with Crippen molar-refractivity contribution in [3.8, 4) is 11.5 Å². The number of anilines is 1. The van der Waals surface area contributed by atoms with Gasteiger partial charge in [-0.15, -0.1) is 0 Å². The summed E-state index contributed by atoms with van der Waals surface area (Å²) in [6.45, 7) is 2.69. The van der Waals surface area contributed by atoms with Crippen molar-refractivity contribution in [3.05, 3.63) is 54.1 Å². The van der Waals surface area contributed by atoms with Crippen molar-refractivity contribution in [1.82, 2.24) is 5.43 Å². The Kier molecular flexibility index (Phi) is 6.64. The summed E-state index contributed by atoms with van der Waals surface area (Å²) in [7, 11) is 1.60. The molecule has 0 aliphatic heterocycles. The maximum Gasteiger partial charge on any atom is 0.259 e. The molecule has 0 aliphatic carbocycles. The highest BCUT2D eigenvalue weighted by Crippen LogP contribution is 2.15. The van der Waals surface area contributed by atoms with Gasteiger partial charge < -0.3 is 14.8 Å². The lowest BCUT2D eigenvalue weighted by molar-refractivity contribution is -0.119. The maximum atomic E-state index is 11.8. The van der Waals surface area contributed by atoms with Gasteiger partial charge in [0.2, 0.25) is 0 Å². The van der Waals surface area contributed by atoms with E-state index in [1.54, 1.807) is 13.3 Å². The summed E-state index contributed by atoms with van der Waals surface area (Å²) in [4.78, 5) is 11.8. The molecule has 2 aromatic rings. The SMILES string of the molecule is CCOc1ccc(NCC(=O)NN=Cc2cccc(OC)c2)cc1. The van der Waals surface area contributed by atoms with Crippen LogP contribution in [0.3, 0.4) is 0 Å². The van der Waals surface area contributed by atoms with Gasteiger partial charge in [-0.25, -0.2) is 5.43 Å². The van der Waals surface area contributed by atoms with E-state index in [1.807, 2.05) is 55.5 Å². The largest absolute Gasteiger partial charge is 0.497 e. The average Bonchev–Trinajstić information content (AvgIpc) is 2.61. The number of hydrogen-bond donors (Lipinski definition) is 2. The number of nitrogens with zero attached hydrogens (tertiary/aromatic N) is 1. The van der Waals surface area contributed by atoms with Gasteiger partial charge in [-0.1, -0.05) is 12.1 Å². The predicted molar refractivity (Wildman–Crippen MR) is 94.8 cm³/mol. The molecule has 0 atom stereocenters. The molecule has 2 aromatic carbocycles. The predicted octanol–water partition coefficient (Wildman–Crippen LogP) is 2.66. The van der Waals surface area contributed by atoms with Crippen LogP contribution in [0, 0.1) is 0 Å². The third kappa shape index (κ3) is 5.64. The van der Waals surface area contributed by atoms with Gasteiger partial charge in [-0.3, -0.25) is 4.79 Å². The van der Waals surface area contributed by atoms with Gasteiger partial charge in [-0.2, -0.15) is 5.10 Å². The van der Waals surface area contributed by atoms with Gasteiger partial charge >= 0.3 is 0 Å². The van der Waals surface area contributed by atoms with Crippen LogP contribution in [0.25, 0.3) is 0 Å². The van der Waals surface area contributed by atoms with E-state index in [2.05, 4.69) is 15.8 Å². The summed E-state index contributed by atoms with van der Waals surface area (Å²) in [5.74, 6) is 1.31. The van der Waals surface area contributed by atoms with Crippen molar-refractivity contribution in [2.75, 3.05) is 25.6 Å². The minimum absolute atomic E-state index is 0.128. The van der Waals surface area contributed by atoms with Gasteiger partial charge in [-0.05, 0) is 48.9 Å². The maximum absolute atomic E-state index is 11.8. The Hall–Kier alpha value is -3.02. The van der Waals surface area contributed by atoms with Crippen molar-refractivity contribution in [1.29, 1.82) is 0 Å². The van der Waals surface area contributed by atoms with Crippen molar-refractivity contribution in [2.45, 2.75) is 6.92 Å². The van der Waals surface area contributed by atoms with Crippen LogP contribution in [0.15, 0.2) is 53.6 Å². The second kappa shape index (κ2) is 9.19. The zero-order valence-electron chi connectivity index (χ0n) is 13.8. The van der Waals surface area contributed by atoms with Gasteiger partial charge in [0.1, 0.15) is 11.5 Å². The first-order valence-electron chi connectivity index (χ1n) is 7.64. The lowest BCUT2D eigenvalue weighted by Gasteiger charge is -2.07. The van der Waals surface area contributed by atoms with Crippen LogP contribution in [0.4, 0.5) is 5.69 Å². The minimum atomic E-state index is -0.233. The Morgan fingerprint density at radius 1 is 1.17 bits per heavy atom. The molecule has 2 rings (SSSR count). The summed E-state index contributed by atoms with van der Waals surface area (Å²) in [5, 5.41) is 6.95. The Labute approximate surface area is 141 Å². The van der Waals surface area contributed by atoms with Crippen LogP contribution in [0.5, 0.6) is 11.5 Å². The van der Waals surface area contributed by atoms with Crippen LogP contribution in [-0.4, -0.2) is 32.4 Å². The van der Waals surface area contributed by atoms with Crippen LogP contribution in [0.1, 0.15) is 12.5 Å². The number of rotatable bonds is 8. The Morgan fingerprint density at radius 2 is 1.96 bits per heavy atom. The third-order valence-electron chi connectivity index (χ3n) is 3.12. The number of ether oxygens (including phenoxy) is 2. The number of methoxy groups -OCH3 is 1. The molecular weight excluding hydrogens is 306 g/mol. The standard InChI is InChI=1S/C18H21N3O3/c1-3-24-16-9-7-15(8-10-16)19-13-18(22)21-20-12-14-5-4-6-17(11-14)23-2/h4-12,19H,3,13H2,1-2H3,(H,21,22). The molecule has 6 nitrogen and oxygen atoms in total. The molecule has 1 amide bonds. The molecule has 0 saturated carbocycles. The Morgan fingerprint density at radius 3 is 2.67 bits per heavy atom. The monoisotopic (exact) mass is 327 g/mol. The van der Waals surface area contributed by atoms with Gasteiger partial charge in [0, 0.05) is 5.69 Å². The zero-order chi connectivity index (χ0) is 17.2. The first-order valence-corrected chi connectivity index (χ1v) is 7.64. The first kappa shape index (κ1) is 17.3. The first-order chi connectivity index (χ1) is 11.7.